The average Bonchev–Trinajstić information content (AvgIpc) is 3.73. The van der Waals surface area contributed by atoms with Crippen LogP contribution in [0, 0.1) is 0 Å². The van der Waals surface area contributed by atoms with Crippen LogP contribution in [0.1, 0.15) is 83.3 Å². The van der Waals surface area contributed by atoms with Crippen LogP contribution in [0.15, 0.2) is 237 Å². The van der Waals surface area contributed by atoms with E-state index in [9.17, 15) is 0 Å². The van der Waals surface area contributed by atoms with Crippen molar-refractivity contribution in [3.05, 3.63) is 292 Å². The summed E-state index contributed by atoms with van der Waals surface area (Å²) in [7, 11) is 0. The van der Waals surface area contributed by atoms with E-state index in [4.69, 9.17) is 0 Å². The number of fused-ring (bicyclic) bond motifs is 6. The Bertz CT molecular complexity index is 4280. The molecule has 0 aromatic heterocycles. The normalized spacial score (nSPS) is 18.7. The Hall–Kier alpha value is -8.78. The van der Waals surface area contributed by atoms with Crippen LogP contribution in [-0.4, -0.2) is 0 Å². The molecule has 352 valence electrons. The SMILES string of the molecule is CC1(C)c2ccccc2-c2ccc(-c3ccc(N(c4ccc(-c5ccc6c(c5)C(C)(C)c5ccccc5-6)cc4)c4cc5c6c(cccc6c4)C46c7cccc8cccc(c78)C54c4cccc5cccc6c45)cc3)cc21. The highest BCUT2D eigenvalue weighted by molar-refractivity contribution is 6.14. The zero-order chi connectivity index (χ0) is 49.7. The van der Waals surface area contributed by atoms with E-state index >= 15 is 0 Å². The minimum Gasteiger partial charge on any atom is -0.310 e. The first-order valence-electron chi connectivity index (χ1n) is 26.8. The summed E-state index contributed by atoms with van der Waals surface area (Å²) in [5.74, 6) is 0. The minimum atomic E-state index is -0.473. The number of hydrogen-bond donors (Lipinski definition) is 0. The first kappa shape index (κ1) is 41.7. The molecule has 0 atom stereocenters. The summed E-state index contributed by atoms with van der Waals surface area (Å²) in [6.45, 7) is 9.48. The fraction of sp³-hybridized carbons (Fsp3) is 0.108. The minimum absolute atomic E-state index is 0.0707. The van der Waals surface area contributed by atoms with Gasteiger partial charge in [0.25, 0.3) is 0 Å². The monoisotopic (exact) mass is 953 g/mol. The Morgan fingerprint density at radius 2 is 0.587 bits per heavy atom. The van der Waals surface area contributed by atoms with Gasteiger partial charge in [0.05, 0.1) is 10.8 Å². The van der Waals surface area contributed by atoms with Gasteiger partial charge in [0.2, 0.25) is 0 Å². The number of hydrogen-bond acceptors (Lipinski definition) is 1. The van der Waals surface area contributed by atoms with Gasteiger partial charge in [-0.3, -0.25) is 0 Å². The second kappa shape index (κ2) is 14.1. The quantitative estimate of drug-likeness (QED) is 0.166. The Balaban J connectivity index is 0.865. The van der Waals surface area contributed by atoms with Gasteiger partial charge < -0.3 is 4.90 Å². The lowest BCUT2D eigenvalue weighted by Gasteiger charge is -2.40. The molecule has 0 N–H and O–H groups in total. The molecule has 12 aromatic rings. The molecule has 0 fully saturated rings. The van der Waals surface area contributed by atoms with Crippen molar-refractivity contribution in [1.29, 1.82) is 0 Å². The van der Waals surface area contributed by atoms with Crippen LogP contribution in [0.25, 0.3) is 76.8 Å². The number of anilines is 3. The predicted octanol–water partition coefficient (Wildman–Crippen LogP) is 18.9. The van der Waals surface area contributed by atoms with Crippen molar-refractivity contribution in [2.45, 2.75) is 49.4 Å². The highest BCUT2D eigenvalue weighted by atomic mass is 15.1. The molecule has 1 heteroatoms. The van der Waals surface area contributed by atoms with Crippen LogP contribution in [-0.2, 0) is 21.7 Å². The van der Waals surface area contributed by atoms with Crippen LogP contribution in [0.3, 0.4) is 0 Å². The third-order valence-corrected chi connectivity index (χ3v) is 19.1. The van der Waals surface area contributed by atoms with Gasteiger partial charge in [-0.25, -0.2) is 0 Å². The molecule has 0 spiro atoms. The van der Waals surface area contributed by atoms with Crippen molar-refractivity contribution in [3.63, 3.8) is 0 Å². The van der Waals surface area contributed by atoms with Crippen LogP contribution < -0.4 is 4.90 Å². The Morgan fingerprint density at radius 1 is 0.240 bits per heavy atom. The van der Waals surface area contributed by atoms with Crippen molar-refractivity contribution in [2.75, 3.05) is 4.90 Å². The molecule has 0 unspecified atom stereocenters. The number of nitrogens with zero attached hydrogens (tertiary/aromatic N) is 1. The van der Waals surface area contributed by atoms with Gasteiger partial charge in [-0.2, -0.15) is 0 Å². The Labute approximate surface area is 438 Å². The van der Waals surface area contributed by atoms with E-state index in [1.54, 1.807) is 0 Å². The molecule has 0 radical (unpaired) electrons. The van der Waals surface area contributed by atoms with Crippen molar-refractivity contribution in [2.24, 2.45) is 0 Å². The smallest absolute Gasteiger partial charge is 0.0649 e. The molecule has 0 bridgehead atoms. The fourth-order valence-corrected chi connectivity index (χ4v) is 16.0. The van der Waals surface area contributed by atoms with Crippen LogP contribution in [0.4, 0.5) is 17.1 Å². The molecule has 5 aliphatic carbocycles. The highest BCUT2D eigenvalue weighted by Gasteiger charge is 2.70. The molecule has 0 saturated carbocycles. The summed E-state index contributed by atoms with van der Waals surface area (Å²) < 4.78 is 0. The van der Waals surface area contributed by atoms with E-state index in [-0.39, 0.29) is 10.8 Å². The highest BCUT2D eigenvalue weighted by Crippen LogP contribution is 2.76. The van der Waals surface area contributed by atoms with Gasteiger partial charge >= 0.3 is 0 Å². The van der Waals surface area contributed by atoms with E-state index in [2.05, 4.69) is 269 Å². The van der Waals surface area contributed by atoms with E-state index in [0.29, 0.717) is 0 Å². The molecule has 17 rings (SSSR count). The lowest BCUT2D eigenvalue weighted by molar-refractivity contribution is 0.492. The van der Waals surface area contributed by atoms with Gasteiger partial charge in [0.15, 0.2) is 0 Å². The first-order valence-corrected chi connectivity index (χ1v) is 26.8. The van der Waals surface area contributed by atoms with E-state index < -0.39 is 10.8 Å². The largest absolute Gasteiger partial charge is 0.310 e. The molecule has 0 aliphatic heterocycles. The lowest BCUT2D eigenvalue weighted by atomic mass is 9.59. The molecule has 0 heterocycles. The molecule has 0 amide bonds. The lowest BCUT2D eigenvalue weighted by Crippen LogP contribution is -2.42. The molecular formula is C74H51N. The molecule has 5 aliphatic rings. The average molecular weight is 954 g/mol. The fourth-order valence-electron chi connectivity index (χ4n) is 16.0. The topological polar surface area (TPSA) is 3.24 Å². The third-order valence-electron chi connectivity index (χ3n) is 19.1. The molecule has 1 nitrogen and oxygen atoms in total. The van der Waals surface area contributed by atoms with Crippen molar-refractivity contribution < 1.29 is 0 Å². The number of benzene rings is 12. The first-order chi connectivity index (χ1) is 36.7. The number of rotatable bonds is 5. The summed E-state index contributed by atoms with van der Waals surface area (Å²) in [6.07, 6.45) is 0. The molecular weight excluding hydrogens is 903 g/mol. The Kier molecular flexibility index (Phi) is 7.82. The van der Waals surface area contributed by atoms with E-state index in [0.717, 1.165) is 17.1 Å². The second-order valence-corrected chi connectivity index (χ2v) is 23.1. The van der Waals surface area contributed by atoms with Crippen molar-refractivity contribution in [3.8, 4) is 44.5 Å². The van der Waals surface area contributed by atoms with Crippen LogP contribution >= 0.6 is 0 Å². The summed E-state index contributed by atoms with van der Waals surface area (Å²) in [5.41, 5.74) is 26.7. The molecule has 75 heavy (non-hydrogen) atoms. The molecule has 0 saturated heterocycles. The third kappa shape index (κ3) is 4.92. The maximum Gasteiger partial charge on any atom is 0.0649 e. The van der Waals surface area contributed by atoms with Crippen molar-refractivity contribution in [1.82, 2.24) is 0 Å². The summed E-state index contributed by atoms with van der Waals surface area (Å²) in [6, 6.07) is 91.2. The van der Waals surface area contributed by atoms with Crippen molar-refractivity contribution >= 4 is 49.4 Å². The maximum absolute atomic E-state index is 2.59. The Morgan fingerprint density at radius 3 is 1.03 bits per heavy atom. The standard InChI is InChI=1S/C74H51N/c1-71(2)58-21-7-5-19-54(58)56-38-32-48(41-65(56)71)44-28-34-51(35-29-44)75(52-36-30-45(31-37-52)49-33-39-57-55-20-6-8-22-59(55)72(3,4)66(57)42-49)53-40-50-18-13-27-64-70(50)67(43-53)74-62-25-11-16-46-14-9-23-60(68(46)62)73(64,74)61-24-10-15-47-17-12-26-63(74)69(47)61/h5-43H,1-4H3. The van der Waals surface area contributed by atoms with Gasteiger partial charge in [-0.1, -0.05) is 216 Å². The maximum atomic E-state index is 2.59. The van der Waals surface area contributed by atoms with Gasteiger partial charge in [-0.15, -0.1) is 0 Å². The van der Waals surface area contributed by atoms with E-state index in [1.165, 1.54) is 132 Å². The summed E-state index contributed by atoms with van der Waals surface area (Å²) >= 11 is 0. The van der Waals surface area contributed by atoms with Gasteiger partial charge in [0, 0.05) is 27.9 Å². The van der Waals surface area contributed by atoms with Crippen LogP contribution in [0.2, 0.25) is 0 Å². The van der Waals surface area contributed by atoms with Gasteiger partial charge in [-0.05, 0) is 181 Å². The van der Waals surface area contributed by atoms with Gasteiger partial charge in [0.1, 0.15) is 0 Å². The zero-order valence-corrected chi connectivity index (χ0v) is 42.5. The second-order valence-electron chi connectivity index (χ2n) is 23.1. The van der Waals surface area contributed by atoms with Crippen LogP contribution in [0.5, 0.6) is 0 Å². The summed E-state index contributed by atoms with van der Waals surface area (Å²) in [4.78, 5) is 2.52. The van der Waals surface area contributed by atoms with E-state index in [1.807, 2.05) is 0 Å². The zero-order valence-electron chi connectivity index (χ0n) is 42.5. The molecule has 12 aromatic carbocycles. The summed E-state index contributed by atoms with van der Waals surface area (Å²) in [5, 5.41) is 8.08. The predicted molar refractivity (Wildman–Crippen MR) is 312 cm³/mol.